The van der Waals surface area contributed by atoms with Gasteiger partial charge in [-0.2, -0.15) is 0 Å². The van der Waals surface area contributed by atoms with E-state index in [1.165, 1.54) is 18.1 Å². The molecule has 0 bridgehead atoms. The number of rotatable bonds is 5. The number of hydrogen-bond acceptors (Lipinski definition) is 1. The average Bonchev–Trinajstić information content (AvgIpc) is 2.89. The second-order valence-electron chi connectivity index (χ2n) is 4.69. The summed E-state index contributed by atoms with van der Waals surface area (Å²) in [6, 6.07) is 4.19. The standard InChI is InChI=1S/C11H24OSi/c1-6-13(7-2,8-3)11-10(12-11)9(4)5/h9-11H,6-8H2,1-5H3/t10-,11+/m1/s1. The van der Waals surface area contributed by atoms with E-state index in [0.717, 1.165) is 5.92 Å². The molecule has 0 spiro atoms. The van der Waals surface area contributed by atoms with E-state index < -0.39 is 8.07 Å². The van der Waals surface area contributed by atoms with Crippen LogP contribution in [0.3, 0.4) is 0 Å². The van der Waals surface area contributed by atoms with E-state index in [1.807, 2.05) is 0 Å². The van der Waals surface area contributed by atoms with Crippen LogP contribution in [0.2, 0.25) is 18.1 Å². The van der Waals surface area contributed by atoms with E-state index >= 15 is 0 Å². The normalized spacial score (nSPS) is 28.2. The van der Waals surface area contributed by atoms with Gasteiger partial charge in [0.15, 0.2) is 0 Å². The van der Waals surface area contributed by atoms with Gasteiger partial charge in [0.1, 0.15) is 0 Å². The quantitative estimate of drug-likeness (QED) is 0.489. The van der Waals surface area contributed by atoms with Gasteiger partial charge >= 0.3 is 0 Å². The molecule has 0 saturated carbocycles. The molecule has 2 heteroatoms. The molecule has 0 aliphatic carbocycles. The van der Waals surface area contributed by atoms with Crippen LogP contribution in [0.15, 0.2) is 0 Å². The summed E-state index contributed by atoms with van der Waals surface area (Å²) >= 11 is 0. The summed E-state index contributed by atoms with van der Waals surface area (Å²) in [5, 5.41) is 0. The number of ether oxygens (including phenoxy) is 1. The molecule has 0 aromatic rings. The predicted octanol–water partition coefficient (Wildman–Crippen LogP) is 3.46. The third-order valence-electron chi connectivity index (χ3n) is 3.90. The molecule has 13 heavy (non-hydrogen) atoms. The van der Waals surface area contributed by atoms with E-state index in [2.05, 4.69) is 34.6 Å². The van der Waals surface area contributed by atoms with Gasteiger partial charge in [-0.3, -0.25) is 0 Å². The summed E-state index contributed by atoms with van der Waals surface area (Å²) in [5.41, 5.74) is 0.687. The summed E-state index contributed by atoms with van der Waals surface area (Å²) < 4.78 is 5.88. The van der Waals surface area contributed by atoms with Crippen molar-refractivity contribution in [2.24, 2.45) is 5.92 Å². The van der Waals surface area contributed by atoms with Gasteiger partial charge in [-0.15, -0.1) is 0 Å². The fourth-order valence-corrected chi connectivity index (χ4v) is 6.71. The van der Waals surface area contributed by atoms with Crippen LogP contribution in [-0.2, 0) is 4.74 Å². The molecule has 1 aliphatic rings. The maximum absolute atomic E-state index is 5.88. The highest BCUT2D eigenvalue weighted by atomic mass is 28.3. The van der Waals surface area contributed by atoms with E-state index in [0.29, 0.717) is 11.8 Å². The van der Waals surface area contributed by atoms with E-state index in [4.69, 9.17) is 4.74 Å². The Kier molecular flexibility index (Phi) is 3.58. The highest BCUT2D eigenvalue weighted by Gasteiger charge is 2.53. The Bertz CT molecular complexity index is 155. The van der Waals surface area contributed by atoms with E-state index in [-0.39, 0.29) is 0 Å². The Morgan fingerprint density at radius 1 is 1.08 bits per heavy atom. The van der Waals surface area contributed by atoms with Gasteiger partial charge in [-0.25, -0.2) is 0 Å². The minimum Gasteiger partial charge on any atom is -0.373 e. The summed E-state index contributed by atoms with van der Waals surface area (Å²) in [6.07, 6.45) is 0.603. The molecular weight excluding hydrogens is 176 g/mol. The van der Waals surface area contributed by atoms with E-state index in [9.17, 15) is 0 Å². The molecule has 0 aromatic carbocycles. The van der Waals surface area contributed by atoms with Gasteiger partial charge in [0.05, 0.1) is 19.9 Å². The van der Waals surface area contributed by atoms with Crippen LogP contribution in [0, 0.1) is 5.92 Å². The topological polar surface area (TPSA) is 12.5 Å². The maximum atomic E-state index is 5.88. The lowest BCUT2D eigenvalue weighted by molar-refractivity contribution is 0.348. The zero-order valence-electron chi connectivity index (χ0n) is 9.76. The predicted molar refractivity (Wildman–Crippen MR) is 60.7 cm³/mol. The first kappa shape index (κ1) is 11.3. The molecule has 0 unspecified atom stereocenters. The zero-order valence-corrected chi connectivity index (χ0v) is 10.8. The van der Waals surface area contributed by atoms with Crippen molar-refractivity contribution in [3.63, 3.8) is 0 Å². The van der Waals surface area contributed by atoms with Crippen molar-refractivity contribution >= 4 is 8.07 Å². The van der Waals surface area contributed by atoms with Gasteiger partial charge in [0.2, 0.25) is 0 Å². The minimum atomic E-state index is -1.03. The van der Waals surface area contributed by atoms with Crippen LogP contribution in [0.5, 0.6) is 0 Å². The van der Waals surface area contributed by atoms with Gasteiger partial charge in [0, 0.05) is 0 Å². The van der Waals surface area contributed by atoms with E-state index in [1.54, 1.807) is 0 Å². The Labute approximate surface area is 83.9 Å². The number of hydrogen-bond donors (Lipinski definition) is 0. The van der Waals surface area contributed by atoms with Crippen molar-refractivity contribution in [1.29, 1.82) is 0 Å². The molecule has 1 aliphatic heterocycles. The lowest BCUT2D eigenvalue weighted by atomic mass is 10.1. The van der Waals surface area contributed by atoms with Crippen molar-refractivity contribution in [2.45, 2.75) is 64.6 Å². The lowest BCUT2D eigenvalue weighted by Gasteiger charge is -2.26. The molecule has 1 fully saturated rings. The highest BCUT2D eigenvalue weighted by molar-refractivity contribution is 6.81. The fourth-order valence-electron chi connectivity index (χ4n) is 2.48. The van der Waals surface area contributed by atoms with Crippen molar-refractivity contribution in [1.82, 2.24) is 0 Å². The Hall–Kier alpha value is 0.177. The van der Waals surface area contributed by atoms with Crippen LogP contribution < -0.4 is 0 Å². The zero-order chi connectivity index (χ0) is 10.1. The highest BCUT2D eigenvalue weighted by Crippen LogP contribution is 2.41. The summed E-state index contributed by atoms with van der Waals surface area (Å²) in [4.78, 5) is 0. The second-order valence-corrected chi connectivity index (χ2v) is 10.1. The second kappa shape index (κ2) is 4.14. The summed E-state index contributed by atoms with van der Waals surface area (Å²) in [7, 11) is -1.03. The first-order valence-electron chi connectivity index (χ1n) is 5.76. The Morgan fingerprint density at radius 2 is 1.54 bits per heavy atom. The first-order valence-corrected chi connectivity index (χ1v) is 8.46. The van der Waals surface area contributed by atoms with Crippen LogP contribution in [0.25, 0.3) is 0 Å². The largest absolute Gasteiger partial charge is 0.373 e. The number of epoxide rings is 1. The van der Waals surface area contributed by atoms with Crippen LogP contribution >= 0.6 is 0 Å². The van der Waals surface area contributed by atoms with Crippen LogP contribution in [0.4, 0.5) is 0 Å². The van der Waals surface area contributed by atoms with Crippen LogP contribution in [0.1, 0.15) is 34.6 Å². The smallest absolute Gasteiger partial charge is 0.0902 e. The van der Waals surface area contributed by atoms with Crippen molar-refractivity contribution in [2.75, 3.05) is 0 Å². The molecule has 1 heterocycles. The van der Waals surface area contributed by atoms with Crippen molar-refractivity contribution < 1.29 is 4.74 Å². The molecular formula is C11H24OSi. The average molecular weight is 200 g/mol. The lowest BCUT2D eigenvalue weighted by Crippen LogP contribution is -2.40. The third-order valence-corrected chi connectivity index (χ3v) is 9.79. The Morgan fingerprint density at radius 3 is 1.77 bits per heavy atom. The summed E-state index contributed by atoms with van der Waals surface area (Å²) in [5.74, 6) is 0.724. The summed E-state index contributed by atoms with van der Waals surface area (Å²) in [6.45, 7) is 11.6. The monoisotopic (exact) mass is 200 g/mol. The van der Waals surface area contributed by atoms with Gasteiger partial charge < -0.3 is 4.74 Å². The molecule has 78 valence electrons. The molecule has 2 atom stereocenters. The molecule has 0 amide bonds. The molecule has 0 radical (unpaired) electrons. The molecule has 0 aromatic heterocycles. The Balaban J connectivity index is 2.59. The molecule has 1 rings (SSSR count). The molecule has 0 N–H and O–H groups in total. The molecule has 1 saturated heterocycles. The first-order chi connectivity index (χ1) is 6.11. The fraction of sp³-hybridized carbons (Fsp3) is 1.00. The van der Waals surface area contributed by atoms with Gasteiger partial charge in [-0.1, -0.05) is 52.8 Å². The van der Waals surface area contributed by atoms with Crippen molar-refractivity contribution in [3.05, 3.63) is 0 Å². The minimum absolute atomic E-state index is 0.603. The van der Waals surface area contributed by atoms with Gasteiger partial charge in [-0.05, 0) is 5.92 Å². The van der Waals surface area contributed by atoms with Crippen molar-refractivity contribution in [3.8, 4) is 0 Å². The maximum Gasteiger partial charge on any atom is 0.0902 e. The third kappa shape index (κ3) is 1.99. The van der Waals surface area contributed by atoms with Gasteiger partial charge in [0.25, 0.3) is 0 Å². The SMILES string of the molecule is CC[Si](CC)(CC)[C@@H]1O[C@@H]1C(C)C. The molecule has 1 nitrogen and oxygen atoms in total. The van der Waals surface area contributed by atoms with Crippen LogP contribution in [-0.4, -0.2) is 19.9 Å².